The molecule has 1 amide bonds. The average Bonchev–Trinajstić information content (AvgIpc) is 2.02. The quantitative estimate of drug-likeness (QED) is 0.568. The van der Waals surface area contributed by atoms with E-state index in [1.807, 2.05) is 0 Å². The highest BCUT2D eigenvalue weighted by atomic mass is 16.3. The van der Waals surface area contributed by atoms with Crippen LogP contribution < -0.4 is 0 Å². The Hall–Kier alpha value is -0.610. The van der Waals surface area contributed by atoms with Crippen molar-refractivity contribution in [2.75, 3.05) is 20.2 Å². The molecule has 0 aliphatic carbocycles. The Labute approximate surface area is 66.4 Å². The van der Waals surface area contributed by atoms with Gasteiger partial charge in [-0.1, -0.05) is 6.92 Å². The first-order valence-electron chi connectivity index (χ1n) is 3.64. The number of hydrogen-bond donors (Lipinski definition) is 2. The van der Waals surface area contributed by atoms with E-state index in [4.69, 9.17) is 10.2 Å². The predicted molar refractivity (Wildman–Crippen MR) is 41.0 cm³/mol. The number of amides is 1. The molecular formula is C7H15NO3. The molecule has 0 bridgehead atoms. The number of likely N-dealkylation sites (N-methyl/N-ethyl adjacent to an activating group) is 1. The number of carbonyl (C=O) groups is 1. The first kappa shape index (κ1) is 10.4. The third-order valence-corrected chi connectivity index (χ3v) is 1.42. The fraction of sp³-hybridized carbons (Fsp3) is 0.857. The van der Waals surface area contributed by atoms with Crippen LogP contribution in [-0.4, -0.2) is 47.3 Å². The molecule has 0 radical (unpaired) electrons. The van der Waals surface area contributed by atoms with E-state index in [9.17, 15) is 4.79 Å². The van der Waals surface area contributed by atoms with Crippen LogP contribution in [0.15, 0.2) is 0 Å². The van der Waals surface area contributed by atoms with Crippen molar-refractivity contribution in [3.8, 4) is 0 Å². The average molecular weight is 161 g/mol. The van der Waals surface area contributed by atoms with Crippen molar-refractivity contribution in [2.24, 2.45) is 0 Å². The number of aliphatic hydroxyl groups excluding tert-OH is 2. The van der Waals surface area contributed by atoms with Gasteiger partial charge in [0.15, 0.2) is 0 Å². The van der Waals surface area contributed by atoms with Crippen LogP contribution in [0.2, 0.25) is 0 Å². The van der Waals surface area contributed by atoms with Crippen molar-refractivity contribution in [1.82, 2.24) is 4.90 Å². The Morgan fingerprint density at radius 3 is 2.55 bits per heavy atom. The SMILES string of the molecule is CCC(=O)N(C)CC(O)CO. The molecular weight excluding hydrogens is 146 g/mol. The molecule has 4 nitrogen and oxygen atoms in total. The Morgan fingerprint density at radius 1 is 1.64 bits per heavy atom. The summed E-state index contributed by atoms with van der Waals surface area (Å²) in [5.41, 5.74) is 0. The largest absolute Gasteiger partial charge is 0.394 e. The molecule has 0 rings (SSSR count). The van der Waals surface area contributed by atoms with Gasteiger partial charge in [-0.3, -0.25) is 4.79 Å². The van der Waals surface area contributed by atoms with Crippen LogP contribution >= 0.6 is 0 Å². The molecule has 0 aromatic heterocycles. The third-order valence-electron chi connectivity index (χ3n) is 1.42. The lowest BCUT2D eigenvalue weighted by atomic mass is 10.3. The number of nitrogens with zero attached hydrogens (tertiary/aromatic N) is 1. The summed E-state index contributed by atoms with van der Waals surface area (Å²) in [4.78, 5) is 12.3. The van der Waals surface area contributed by atoms with Crippen molar-refractivity contribution in [3.63, 3.8) is 0 Å². The monoisotopic (exact) mass is 161 g/mol. The summed E-state index contributed by atoms with van der Waals surface area (Å²) in [7, 11) is 1.60. The Morgan fingerprint density at radius 2 is 2.18 bits per heavy atom. The normalized spacial score (nSPS) is 12.7. The van der Waals surface area contributed by atoms with E-state index in [0.29, 0.717) is 6.42 Å². The van der Waals surface area contributed by atoms with Crippen molar-refractivity contribution in [3.05, 3.63) is 0 Å². The lowest BCUT2D eigenvalue weighted by molar-refractivity contribution is -0.131. The summed E-state index contributed by atoms with van der Waals surface area (Å²) < 4.78 is 0. The molecule has 1 atom stereocenters. The molecule has 0 aromatic carbocycles. The topological polar surface area (TPSA) is 60.8 Å². The van der Waals surface area contributed by atoms with Crippen LogP contribution in [0.25, 0.3) is 0 Å². The molecule has 0 aliphatic rings. The molecule has 0 aromatic rings. The maximum absolute atomic E-state index is 10.9. The fourth-order valence-electron chi connectivity index (χ4n) is 0.746. The highest BCUT2D eigenvalue weighted by Crippen LogP contribution is 1.92. The molecule has 0 fully saturated rings. The van der Waals surface area contributed by atoms with Crippen molar-refractivity contribution < 1.29 is 15.0 Å². The second-order valence-electron chi connectivity index (χ2n) is 2.46. The summed E-state index contributed by atoms with van der Waals surface area (Å²) in [6, 6.07) is 0. The van der Waals surface area contributed by atoms with Crippen LogP contribution in [0, 0.1) is 0 Å². The second kappa shape index (κ2) is 5.09. The zero-order valence-corrected chi connectivity index (χ0v) is 6.95. The summed E-state index contributed by atoms with van der Waals surface area (Å²) in [5.74, 6) is -0.0301. The minimum atomic E-state index is -0.824. The van der Waals surface area contributed by atoms with Crippen LogP contribution in [0.3, 0.4) is 0 Å². The van der Waals surface area contributed by atoms with E-state index >= 15 is 0 Å². The Bertz CT molecular complexity index is 127. The molecule has 0 spiro atoms. The van der Waals surface area contributed by atoms with Gasteiger partial charge >= 0.3 is 0 Å². The van der Waals surface area contributed by atoms with Crippen molar-refractivity contribution in [2.45, 2.75) is 19.4 Å². The van der Waals surface area contributed by atoms with E-state index in [1.54, 1.807) is 14.0 Å². The van der Waals surface area contributed by atoms with E-state index < -0.39 is 6.10 Å². The van der Waals surface area contributed by atoms with E-state index in [0.717, 1.165) is 0 Å². The minimum absolute atomic E-state index is 0.0301. The Kier molecular flexibility index (Phi) is 4.81. The molecule has 11 heavy (non-hydrogen) atoms. The van der Waals surface area contributed by atoms with E-state index in [2.05, 4.69) is 0 Å². The second-order valence-corrected chi connectivity index (χ2v) is 2.46. The molecule has 1 unspecified atom stereocenters. The molecule has 0 aliphatic heterocycles. The molecule has 0 saturated carbocycles. The highest BCUT2D eigenvalue weighted by molar-refractivity contribution is 5.75. The van der Waals surface area contributed by atoms with Gasteiger partial charge < -0.3 is 15.1 Å². The summed E-state index contributed by atoms with van der Waals surface area (Å²) in [6.07, 6.45) is -0.398. The van der Waals surface area contributed by atoms with E-state index in [1.165, 1.54) is 4.90 Å². The molecule has 4 heteroatoms. The van der Waals surface area contributed by atoms with Gasteiger partial charge in [-0.2, -0.15) is 0 Å². The van der Waals surface area contributed by atoms with Gasteiger partial charge in [-0.25, -0.2) is 0 Å². The molecule has 2 N–H and O–H groups in total. The first-order valence-corrected chi connectivity index (χ1v) is 3.64. The number of hydrogen-bond acceptors (Lipinski definition) is 3. The number of aliphatic hydroxyl groups is 2. The zero-order valence-electron chi connectivity index (χ0n) is 6.95. The van der Waals surface area contributed by atoms with Gasteiger partial charge in [-0.15, -0.1) is 0 Å². The van der Waals surface area contributed by atoms with Crippen molar-refractivity contribution >= 4 is 5.91 Å². The van der Waals surface area contributed by atoms with Crippen LogP contribution in [-0.2, 0) is 4.79 Å². The van der Waals surface area contributed by atoms with Crippen LogP contribution in [0.4, 0.5) is 0 Å². The van der Waals surface area contributed by atoms with Gasteiger partial charge in [0.1, 0.15) is 0 Å². The summed E-state index contributed by atoms with van der Waals surface area (Å²) in [5, 5.41) is 17.4. The van der Waals surface area contributed by atoms with Gasteiger partial charge in [0.25, 0.3) is 0 Å². The van der Waals surface area contributed by atoms with Gasteiger partial charge in [0, 0.05) is 20.0 Å². The predicted octanol–water partition coefficient (Wildman–Crippen LogP) is -0.792. The van der Waals surface area contributed by atoms with Crippen LogP contribution in [0.1, 0.15) is 13.3 Å². The lowest BCUT2D eigenvalue weighted by Crippen LogP contribution is -2.35. The fourth-order valence-corrected chi connectivity index (χ4v) is 0.746. The maximum atomic E-state index is 10.9. The summed E-state index contributed by atoms with van der Waals surface area (Å²) >= 11 is 0. The lowest BCUT2D eigenvalue weighted by Gasteiger charge is -2.18. The van der Waals surface area contributed by atoms with E-state index in [-0.39, 0.29) is 19.1 Å². The standard InChI is InChI=1S/C7H15NO3/c1-3-7(11)8(2)4-6(10)5-9/h6,9-10H,3-5H2,1-2H3. The summed E-state index contributed by atoms with van der Waals surface area (Å²) in [6.45, 7) is 1.65. The van der Waals surface area contributed by atoms with Gasteiger partial charge in [0.05, 0.1) is 12.7 Å². The highest BCUT2D eigenvalue weighted by Gasteiger charge is 2.10. The minimum Gasteiger partial charge on any atom is -0.394 e. The zero-order chi connectivity index (χ0) is 8.85. The Balaban J connectivity index is 3.67. The van der Waals surface area contributed by atoms with Gasteiger partial charge in [0.2, 0.25) is 5.91 Å². The maximum Gasteiger partial charge on any atom is 0.222 e. The van der Waals surface area contributed by atoms with Gasteiger partial charge in [-0.05, 0) is 0 Å². The number of carbonyl (C=O) groups excluding carboxylic acids is 1. The smallest absolute Gasteiger partial charge is 0.222 e. The van der Waals surface area contributed by atoms with Crippen molar-refractivity contribution in [1.29, 1.82) is 0 Å². The molecule has 0 saturated heterocycles. The van der Waals surface area contributed by atoms with Crippen LogP contribution in [0.5, 0.6) is 0 Å². The first-order chi connectivity index (χ1) is 5.11. The molecule has 0 heterocycles. The number of rotatable bonds is 4. The molecule has 66 valence electrons. The third kappa shape index (κ3) is 3.95.